The topological polar surface area (TPSA) is 54.3 Å². The minimum atomic E-state index is 0.319. The summed E-state index contributed by atoms with van der Waals surface area (Å²) in [5, 5.41) is 4.28. The van der Waals surface area contributed by atoms with Gasteiger partial charge in [-0.25, -0.2) is 9.67 Å². The molecular formula is C19H25N5O. The molecule has 2 aromatic rings. The number of hydrogen-bond acceptors (Lipinski definition) is 4. The van der Waals surface area contributed by atoms with Crippen molar-refractivity contribution >= 4 is 11.6 Å². The number of likely N-dealkylation sites (tertiary alicyclic amines) is 1. The maximum absolute atomic E-state index is 11.9. The van der Waals surface area contributed by atoms with Crippen molar-refractivity contribution in [3.8, 4) is 0 Å². The van der Waals surface area contributed by atoms with E-state index in [1.807, 2.05) is 9.58 Å². The quantitative estimate of drug-likeness (QED) is 0.811. The van der Waals surface area contributed by atoms with Gasteiger partial charge in [0.05, 0.1) is 6.54 Å². The van der Waals surface area contributed by atoms with E-state index >= 15 is 0 Å². The molecule has 4 rings (SSSR count). The molecule has 1 fully saturated rings. The fourth-order valence-corrected chi connectivity index (χ4v) is 4.08. The van der Waals surface area contributed by atoms with Crippen molar-refractivity contribution in [1.29, 1.82) is 0 Å². The normalized spacial score (nSPS) is 19.7. The van der Waals surface area contributed by atoms with Crippen molar-refractivity contribution in [2.75, 3.05) is 24.5 Å². The molecule has 1 amide bonds. The SMILES string of the molecule is CCn1ncnc1CN1C[C@@H](CCN2CCCC2=O)c2ccccc21. The van der Waals surface area contributed by atoms with Crippen molar-refractivity contribution in [1.82, 2.24) is 19.7 Å². The van der Waals surface area contributed by atoms with Crippen LogP contribution in [-0.4, -0.2) is 45.2 Å². The molecular weight excluding hydrogens is 314 g/mol. The Morgan fingerprint density at radius 2 is 2.12 bits per heavy atom. The Morgan fingerprint density at radius 3 is 2.92 bits per heavy atom. The molecule has 1 aromatic heterocycles. The number of para-hydroxylation sites is 1. The van der Waals surface area contributed by atoms with Crippen LogP contribution in [0.15, 0.2) is 30.6 Å². The van der Waals surface area contributed by atoms with E-state index in [4.69, 9.17) is 0 Å². The van der Waals surface area contributed by atoms with E-state index < -0.39 is 0 Å². The molecule has 6 heteroatoms. The van der Waals surface area contributed by atoms with E-state index in [0.29, 0.717) is 11.8 Å². The second-order valence-corrected chi connectivity index (χ2v) is 6.90. The monoisotopic (exact) mass is 339 g/mol. The average molecular weight is 339 g/mol. The zero-order valence-electron chi connectivity index (χ0n) is 14.8. The summed E-state index contributed by atoms with van der Waals surface area (Å²) in [5.74, 6) is 1.80. The lowest BCUT2D eigenvalue weighted by Gasteiger charge is -2.21. The van der Waals surface area contributed by atoms with Crippen LogP contribution in [0.5, 0.6) is 0 Å². The zero-order valence-corrected chi connectivity index (χ0v) is 14.8. The summed E-state index contributed by atoms with van der Waals surface area (Å²) in [7, 11) is 0. The molecule has 0 unspecified atom stereocenters. The second-order valence-electron chi connectivity index (χ2n) is 6.90. The first-order valence-corrected chi connectivity index (χ1v) is 9.24. The molecule has 0 saturated carbocycles. The highest BCUT2D eigenvalue weighted by Crippen LogP contribution is 2.38. The van der Waals surface area contributed by atoms with E-state index in [2.05, 4.69) is 46.2 Å². The number of aryl methyl sites for hydroxylation is 1. The largest absolute Gasteiger partial charge is 0.363 e. The second kappa shape index (κ2) is 6.86. The molecule has 132 valence electrons. The van der Waals surface area contributed by atoms with Gasteiger partial charge in [-0.2, -0.15) is 5.10 Å². The Morgan fingerprint density at radius 1 is 1.24 bits per heavy atom. The van der Waals surface area contributed by atoms with Crippen LogP contribution >= 0.6 is 0 Å². The minimum Gasteiger partial charge on any atom is -0.363 e. The highest BCUT2D eigenvalue weighted by Gasteiger charge is 2.30. The van der Waals surface area contributed by atoms with Crippen LogP contribution in [0.3, 0.4) is 0 Å². The molecule has 0 radical (unpaired) electrons. The third-order valence-corrected chi connectivity index (χ3v) is 5.40. The first-order chi connectivity index (χ1) is 12.3. The number of carbonyl (C=O) groups excluding carboxylic acids is 1. The number of benzene rings is 1. The standard InChI is InChI=1S/C19H25N5O/c1-2-24-18(20-14-21-24)13-23-12-15(16-6-3-4-7-17(16)23)9-11-22-10-5-8-19(22)25/h3-4,6-7,14-15H,2,5,8-13H2,1H3/t15-/m1/s1. The molecule has 1 aromatic carbocycles. The Labute approximate surface area is 148 Å². The fourth-order valence-electron chi connectivity index (χ4n) is 4.08. The summed E-state index contributed by atoms with van der Waals surface area (Å²) in [6.07, 6.45) is 4.40. The highest BCUT2D eigenvalue weighted by molar-refractivity contribution is 5.78. The Bertz CT molecular complexity index is 756. The van der Waals surface area contributed by atoms with E-state index in [1.165, 1.54) is 11.3 Å². The van der Waals surface area contributed by atoms with E-state index in [0.717, 1.165) is 57.8 Å². The number of rotatable bonds is 6. The van der Waals surface area contributed by atoms with E-state index in [9.17, 15) is 4.79 Å². The van der Waals surface area contributed by atoms with Gasteiger partial charge in [0.1, 0.15) is 12.2 Å². The lowest BCUT2D eigenvalue weighted by Crippen LogP contribution is -2.28. The molecule has 3 heterocycles. The number of carbonyl (C=O) groups is 1. The highest BCUT2D eigenvalue weighted by atomic mass is 16.2. The summed E-state index contributed by atoms with van der Waals surface area (Å²) in [4.78, 5) is 20.7. The molecule has 1 atom stereocenters. The summed E-state index contributed by atoms with van der Waals surface area (Å²) in [6, 6.07) is 8.65. The number of aromatic nitrogens is 3. The Kier molecular flexibility index (Phi) is 4.42. The van der Waals surface area contributed by atoms with Crippen LogP contribution in [0.2, 0.25) is 0 Å². The molecule has 6 nitrogen and oxygen atoms in total. The zero-order chi connectivity index (χ0) is 17.2. The molecule has 0 aliphatic carbocycles. The number of fused-ring (bicyclic) bond motifs is 1. The van der Waals surface area contributed by atoms with Gasteiger partial charge in [-0.15, -0.1) is 0 Å². The molecule has 25 heavy (non-hydrogen) atoms. The Balaban J connectivity index is 1.48. The molecule has 2 aliphatic rings. The predicted molar refractivity (Wildman–Crippen MR) is 96.4 cm³/mol. The molecule has 0 spiro atoms. The van der Waals surface area contributed by atoms with Gasteiger partial charge in [0.2, 0.25) is 5.91 Å². The lowest BCUT2D eigenvalue weighted by molar-refractivity contribution is -0.127. The van der Waals surface area contributed by atoms with Gasteiger partial charge in [0.15, 0.2) is 0 Å². The number of anilines is 1. The van der Waals surface area contributed by atoms with Crippen LogP contribution in [0, 0.1) is 0 Å². The average Bonchev–Trinajstić information content (AvgIpc) is 3.33. The number of nitrogens with zero attached hydrogens (tertiary/aromatic N) is 5. The van der Waals surface area contributed by atoms with Crippen LogP contribution in [0.1, 0.15) is 43.5 Å². The van der Waals surface area contributed by atoms with Crippen LogP contribution < -0.4 is 4.90 Å². The van der Waals surface area contributed by atoms with Crippen LogP contribution in [0.4, 0.5) is 5.69 Å². The Hall–Kier alpha value is -2.37. The molecule has 0 N–H and O–H groups in total. The van der Waals surface area contributed by atoms with Gasteiger partial charge < -0.3 is 9.80 Å². The first-order valence-electron chi connectivity index (χ1n) is 9.24. The maximum Gasteiger partial charge on any atom is 0.222 e. The summed E-state index contributed by atoms with van der Waals surface area (Å²) in [5.41, 5.74) is 2.70. The minimum absolute atomic E-state index is 0.319. The molecule has 1 saturated heterocycles. The van der Waals surface area contributed by atoms with Gasteiger partial charge in [0.25, 0.3) is 0 Å². The van der Waals surface area contributed by atoms with E-state index in [1.54, 1.807) is 6.33 Å². The van der Waals surface area contributed by atoms with Crippen molar-refractivity contribution in [3.63, 3.8) is 0 Å². The third kappa shape index (κ3) is 3.13. The molecule has 2 aliphatic heterocycles. The molecule has 0 bridgehead atoms. The summed E-state index contributed by atoms with van der Waals surface area (Å²) >= 11 is 0. The number of amides is 1. The smallest absolute Gasteiger partial charge is 0.222 e. The maximum atomic E-state index is 11.9. The van der Waals surface area contributed by atoms with Crippen molar-refractivity contribution in [2.45, 2.75) is 45.2 Å². The first kappa shape index (κ1) is 16.1. The third-order valence-electron chi connectivity index (χ3n) is 5.40. The number of hydrogen-bond donors (Lipinski definition) is 0. The van der Waals surface area contributed by atoms with E-state index in [-0.39, 0.29) is 0 Å². The van der Waals surface area contributed by atoms with Gasteiger partial charge in [0, 0.05) is 44.2 Å². The van der Waals surface area contributed by atoms with Gasteiger partial charge in [-0.1, -0.05) is 18.2 Å². The fraction of sp³-hybridized carbons (Fsp3) is 0.526. The predicted octanol–water partition coefficient (Wildman–Crippen LogP) is 2.41. The van der Waals surface area contributed by atoms with Crippen molar-refractivity contribution in [3.05, 3.63) is 42.0 Å². The van der Waals surface area contributed by atoms with Crippen molar-refractivity contribution < 1.29 is 4.79 Å². The van der Waals surface area contributed by atoms with Crippen molar-refractivity contribution in [2.24, 2.45) is 0 Å². The van der Waals surface area contributed by atoms with Crippen LogP contribution in [0.25, 0.3) is 0 Å². The van der Waals surface area contributed by atoms with Gasteiger partial charge in [-0.05, 0) is 31.4 Å². The van der Waals surface area contributed by atoms with Crippen LogP contribution in [-0.2, 0) is 17.9 Å². The summed E-state index contributed by atoms with van der Waals surface area (Å²) < 4.78 is 1.96. The van der Waals surface area contributed by atoms with Gasteiger partial charge >= 0.3 is 0 Å². The van der Waals surface area contributed by atoms with Gasteiger partial charge in [-0.3, -0.25) is 4.79 Å². The lowest BCUT2D eigenvalue weighted by atomic mass is 9.98. The summed E-state index contributed by atoms with van der Waals surface area (Å²) in [6.45, 7) is 6.49.